The molecule has 0 saturated heterocycles. The lowest BCUT2D eigenvalue weighted by Crippen LogP contribution is -2.20. The van der Waals surface area contributed by atoms with Gasteiger partial charge in [0.2, 0.25) is 0 Å². The van der Waals surface area contributed by atoms with Gasteiger partial charge >= 0.3 is 0 Å². The Morgan fingerprint density at radius 2 is 1.78 bits per heavy atom. The number of ether oxygens (including phenoxy) is 2. The minimum absolute atomic E-state index is 0.223. The second-order valence-electron chi connectivity index (χ2n) is 6.83. The van der Waals surface area contributed by atoms with Crippen LogP contribution in [0, 0.1) is 0 Å². The second-order valence-corrected chi connectivity index (χ2v) is 7.67. The van der Waals surface area contributed by atoms with Crippen LogP contribution in [0.2, 0.25) is 10.0 Å². The van der Waals surface area contributed by atoms with Gasteiger partial charge in [0.1, 0.15) is 22.8 Å². The standard InChI is InChI=1S/C24H17Cl2NO5/c1-30-22-8-6-16(10-19(22)26)27-24(29)13-31-17-7-9-21-18(11-17)20(28)12-23(32-21)14-2-4-15(25)5-3-14/h2-12H,13H2,1H3,(H,27,29). The molecule has 162 valence electrons. The highest BCUT2D eigenvalue weighted by atomic mass is 35.5. The maximum absolute atomic E-state index is 12.6. The Bertz CT molecular complexity index is 1350. The van der Waals surface area contributed by atoms with Crippen LogP contribution in [0.15, 0.2) is 75.9 Å². The summed E-state index contributed by atoms with van der Waals surface area (Å²) in [7, 11) is 1.51. The number of benzene rings is 3. The number of halogens is 2. The van der Waals surface area contributed by atoms with Crippen molar-refractivity contribution < 1.29 is 18.7 Å². The Balaban J connectivity index is 1.47. The average molecular weight is 470 g/mol. The Morgan fingerprint density at radius 3 is 2.50 bits per heavy atom. The topological polar surface area (TPSA) is 77.8 Å². The number of hydrogen-bond acceptors (Lipinski definition) is 5. The van der Waals surface area contributed by atoms with E-state index in [9.17, 15) is 9.59 Å². The maximum atomic E-state index is 12.6. The molecule has 4 aromatic rings. The van der Waals surface area contributed by atoms with Crippen molar-refractivity contribution in [2.24, 2.45) is 0 Å². The highest BCUT2D eigenvalue weighted by molar-refractivity contribution is 6.32. The van der Waals surface area contributed by atoms with E-state index >= 15 is 0 Å². The van der Waals surface area contributed by atoms with Gasteiger partial charge in [0.25, 0.3) is 5.91 Å². The SMILES string of the molecule is COc1ccc(NC(=O)COc2ccc3oc(-c4ccc(Cl)cc4)cc(=O)c3c2)cc1Cl. The third kappa shape index (κ3) is 4.88. The second kappa shape index (κ2) is 9.34. The van der Waals surface area contributed by atoms with E-state index in [0.29, 0.717) is 44.0 Å². The molecule has 0 aliphatic heterocycles. The van der Waals surface area contributed by atoms with Crippen LogP contribution in [-0.2, 0) is 4.79 Å². The maximum Gasteiger partial charge on any atom is 0.262 e. The first-order valence-electron chi connectivity index (χ1n) is 9.53. The van der Waals surface area contributed by atoms with E-state index in [0.717, 1.165) is 5.56 Å². The predicted molar refractivity (Wildman–Crippen MR) is 125 cm³/mol. The van der Waals surface area contributed by atoms with Crippen molar-refractivity contribution >= 4 is 45.8 Å². The molecule has 0 aliphatic carbocycles. The summed E-state index contributed by atoms with van der Waals surface area (Å²) in [5.74, 6) is 0.934. The smallest absolute Gasteiger partial charge is 0.262 e. The van der Waals surface area contributed by atoms with Crippen molar-refractivity contribution in [1.29, 1.82) is 0 Å². The van der Waals surface area contributed by atoms with Crippen LogP contribution in [0.4, 0.5) is 5.69 Å². The summed E-state index contributed by atoms with van der Waals surface area (Å²) in [6.07, 6.45) is 0. The first kappa shape index (κ1) is 21.7. The summed E-state index contributed by atoms with van der Waals surface area (Å²) >= 11 is 12.0. The van der Waals surface area contributed by atoms with Crippen molar-refractivity contribution in [2.75, 3.05) is 19.0 Å². The molecule has 32 heavy (non-hydrogen) atoms. The Labute approximate surface area is 193 Å². The minimum Gasteiger partial charge on any atom is -0.495 e. The van der Waals surface area contributed by atoms with Crippen molar-refractivity contribution in [3.8, 4) is 22.8 Å². The van der Waals surface area contributed by atoms with E-state index in [-0.39, 0.29) is 17.9 Å². The van der Waals surface area contributed by atoms with Crippen molar-refractivity contribution in [3.05, 3.63) is 87.0 Å². The molecular formula is C24H17Cl2NO5. The van der Waals surface area contributed by atoms with E-state index in [2.05, 4.69) is 5.32 Å². The monoisotopic (exact) mass is 469 g/mol. The number of carbonyl (C=O) groups excluding carboxylic acids is 1. The van der Waals surface area contributed by atoms with Crippen LogP contribution in [0.5, 0.6) is 11.5 Å². The highest BCUT2D eigenvalue weighted by Gasteiger charge is 2.10. The summed E-state index contributed by atoms with van der Waals surface area (Å²) in [5.41, 5.74) is 1.44. The van der Waals surface area contributed by atoms with Gasteiger partial charge in [-0.2, -0.15) is 0 Å². The highest BCUT2D eigenvalue weighted by Crippen LogP contribution is 2.28. The van der Waals surface area contributed by atoms with Gasteiger partial charge in [-0.25, -0.2) is 0 Å². The Morgan fingerprint density at radius 1 is 1.00 bits per heavy atom. The minimum atomic E-state index is -0.378. The van der Waals surface area contributed by atoms with Crippen molar-refractivity contribution in [3.63, 3.8) is 0 Å². The molecule has 0 spiro atoms. The number of anilines is 1. The summed E-state index contributed by atoms with van der Waals surface area (Å²) in [6, 6.07) is 18.1. The lowest BCUT2D eigenvalue weighted by molar-refractivity contribution is -0.118. The zero-order valence-corrected chi connectivity index (χ0v) is 18.4. The lowest BCUT2D eigenvalue weighted by Gasteiger charge is -2.10. The number of nitrogens with one attached hydrogen (secondary N) is 1. The predicted octanol–water partition coefficient (Wildman–Crippen LogP) is 5.79. The molecule has 6 nitrogen and oxygen atoms in total. The number of hydrogen-bond donors (Lipinski definition) is 1. The normalized spacial score (nSPS) is 10.7. The molecule has 3 aromatic carbocycles. The van der Waals surface area contributed by atoms with E-state index in [4.69, 9.17) is 37.1 Å². The van der Waals surface area contributed by atoms with Crippen molar-refractivity contribution in [1.82, 2.24) is 0 Å². The van der Waals surface area contributed by atoms with E-state index in [1.165, 1.54) is 13.2 Å². The number of carbonyl (C=O) groups is 1. The van der Waals surface area contributed by atoms with Gasteiger partial charge in [0.15, 0.2) is 12.0 Å². The summed E-state index contributed by atoms with van der Waals surface area (Å²) in [5, 5.41) is 4.01. The molecule has 1 aromatic heterocycles. The quantitative estimate of drug-likeness (QED) is 0.386. The van der Waals surface area contributed by atoms with Crippen LogP contribution in [0.3, 0.4) is 0 Å². The molecular weight excluding hydrogens is 453 g/mol. The summed E-state index contributed by atoms with van der Waals surface area (Å²) in [6.45, 7) is -0.247. The number of amides is 1. The molecule has 0 unspecified atom stereocenters. The Kier molecular flexibility index (Phi) is 6.35. The van der Waals surface area contributed by atoms with Gasteiger partial charge in [-0.05, 0) is 60.7 Å². The first-order chi connectivity index (χ1) is 15.4. The molecule has 0 saturated carbocycles. The third-order valence-electron chi connectivity index (χ3n) is 4.63. The third-order valence-corrected chi connectivity index (χ3v) is 5.18. The van der Waals surface area contributed by atoms with Crippen LogP contribution in [0.25, 0.3) is 22.3 Å². The summed E-state index contributed by atoms with van der Waals surface area (Å²) < 4.78 is 16.5. The molecule has 1 N–H and O–H groups in total. The number of rotatable bonds is 6. The fourth-order valence-corrected chi connectivity index (χ4v) is 3.46. The van der Waals surface area contributed by atoms with Gasteiger partial charge in [-0.15, -0.1) is 0 Å². The van der Waals surface area contributed by atoms with Gasteiger partial charge in [-0.3, -0.25) is 9.59 Å². The van der Waals surface area contributed by atoms with Gasteiger partial charge < -0.3 is 19.2 Å². The first-order valence-corrected chi connectivity index (χ1v) is 10.3. The summed E-state index contributed by atoms with van der Waals surface area (Å²) in [4.78, 5) is 24.8. The van der Waals surface area contributed by atoms with Crippen LogP contribution in [0.1, 0.15) is 0 Å². The molecule has 1 heterocycles. The molecule has 0 bridgehead atoms. The fraction of sp³-hybridized carbons (Fsp3) is 0.0833. The van der Waals surface area contributed by atoms with Crippen molar-refractivity contribution in [2.45, 2.75) is 0 Å². The van der Waals surface area contributed by atoms with Crippen LogP contribution in [-0.4, -0.2) is 19.6 Å². The number of methoxy groups -OCH3 is 1. The molecule has 0 aliphatic rings. The lowest BCUT2D eigenvalue weighted by atomic mass is 10.1. The fourth-order valence-electron chi connectivity index (χ4n) is 3.07. The largest absolute Gasteiger partial charge is 0.495 e. The molecule has 0 radical (unpaired) electrons. The van der Waals surface area contributed by atoms with Gasteiger partial charge in [0, 0.05) is 22.3 Å². The van der Waals surface area contributed by atoms with Gasteiger partial charge in [-0.1, -0.05) is 23.2 Å². The zero-order valence-electron chi connectivity index (χ0n) is 16.9. The average Bonchev–Trinajstić information content (AvgIpc) is 2.78. The molecule has 1 amide bonds. The number of fused-ring (bicyclic) bond motifs is 1. The van der Waals surface area contributed by atoms with E-state index in [1.807, 2.05) is 0 Å². The van der Waals surface area contributed by atoms with E-state index < -0.39 is 0 Å². The van der Waals surface area contributed by atoms with E-state index in [1.54, 1.807) is 60.7 Å². The van der Waals surface area contributed by atoms with Gasteiger partial charge in [0.05, 0.1) is 17.5 Å². The Hall–Kier alpha value is -3.48. The van der Waals surface area contributed by atoms with Crippen LogP contribution >= 0.6 is 23.2 Å². The molecule has 0 fully saturated rings. The molecule has 4 rings (SSSR count). The molecule has 8 heteroatoms. The zero-order chi connectivity index (χ0) is 22.7. The molecule has 0 atom stereocenters. The van der Waals surface area contributed by atoms with Crippen LogP contribution < -0.4 is 20.2 Å².